The maximum absolute atomic E-state index is 12.4. The van der Waals surface area contributed by atoms with Crippen LogP contribution in [0, 0.1) is 6.92 Å². The molecule has 2 N–H and O–H groups in total. The van der Waals surface area contributed by atoms with Gasteiger partial charge >= 0.3 is 5.97 Å². The third-order valence-corrected chi connectivity index (χ3v) is 6.75. The molecular formula is C24H28N2O4S. The zero-order valence-electron chi connectivity index (χ0n) is 18.4. The summed E-state index contributed by atoms with van der Waals surface area (Å²) in [6.07, 6.45) is 4.84. The molecule has 6 nitrogen and oxygen atoms in total. The number of carboxylic acids is 1. The molecule has 1 atom stereocenters. The fraction of sp³-hybridized carbons (Fsp3) is 0.458. The predicted octanol–water partition coefficient (Wildman–Crippen LogP) is 4.98. The van der Waals surface area contributed by atoms with E-state index >= 15 is 0 Å². The number of hydrogen-bond acceptors (Lipinski definition) is 6. The van der Waals surface area contributed by atoms with Gasteiger partial charge in [-0.15, -0.1) is 11.3 Å². The second-order valence-corrected chi connectivity index (χ2v) is 10.1. The Morgan fingerprint density at radius 1 is 1.26 bits per heavy atom. The van der Waals surface area contributed by atoms with Crippen molar-refractivity contribution in [3.05, 3.63) is 45.7 Å². The van der Waals surface area contributed by atoms with Crippen LogP contribution in [-0.2, 0) is 29.0 Å². The molecule has 0 spiro atoms. The number of rotatable bonds is 5. The third kappa shape index (κ3) is 4.22. The molecule has 0 bridgehead atoms. The number of aromatic nitrogens is 2. The van der Waals surface area contributed by atoms with Crippen LogP contribution in [0.1, 0.15) is 67.1 Å². The van der Waals surface area contributed by atoms with E-state index in [-0.39, 0.29) is 6.61 Å². The van der Waals surface area contributed by atoms with Crippen molar-refractivity contribution in [3.63, 3.8) is 0 Å². The highest BCUT2D eigenvalue weighted by Crippen LogP contribution is 2.45. The van der Waals surface area contributed by atoms with E-state index in [0.717, 1.165) is 40.6 Å². The number of thiophene rings is 1. The number of carboxylic acid groups (broad SMARTS) is 1. The number of hydrogen-bond donors (Lipinski definition) is 2. The van der Waals surface area contributed by atoms with Crippen molar-refractivity contribution in [1.29, 1.82) is 0 Å². The van der Waals surface area contributed by atoms with Gasteiger partial charge < -0.3 is 14.9 Å². The van der Waals surface area contributed by atoms with Gasteiger partial charge in [-0.05, 0) is 65.0 Å². The average molecular weight is 441 g/mol. The largest absolute Gasteiger partial charge is 0.479 e. The first-order chi connectivity index (χ1) is 14.7. The fourth-order valence-electron chi connectivity index (χ4n) is 4.29. The van der Waals surface area contributed by atoms with Crippen molar-refractivity contribution in [3.8, 4) is 11.1 Å². The van der Waals surface area contributed by atoms with Gasteiger partial charge in [-0.25, -0.2) is 9.78 Å². The Balaban J connectivity index is 2.06. The first kappa shape index (κ1) is 21.9. The number of aliphatic hydroxyl groups excluding tert-OH is 1. The highest BCUT2D eigenvalue weighted by Gasteiger charge is 2.34. The average Bonchev–Trinajstić information content (AvgIpc) is 3.08. The maximum atomic E-state index is 12.4. The van der Waals surface area contributed by atoms with Gasteiger partial charge in [0.15, 0.2) is 6.10 Å². The Labute approximate surface area is 185 Å². The van der Waals surface area contributed by atoms with Crippen LogP contribution in [0.4, 0.5) is 0 Å². The summed E-state index contributed by atoms with van der Waals surface area (Å²) in [5.74, 6) is -1.04. The fourth-order valence-corrected chi connectivity index (χ4v) is 5.61. The van der Waals surface area contributed by atoms with E-state index in [4.69, 9.17) is 9.72 Å². The second-order valence-electron chi connectivity index (χ2n) is 9.02. The molecule has 3 heterocycles. The molecule has 0 radical (unpaired) electrons. The molecule has 164 valence electrons. The molecule has 3 aromatic heterocycles. The maximum Gasteiger partial charge on any atom is 0.337 e. The summed E-state index contributed by atoms with van der Waals surface area (Å²) in [4.78, 5) is 23.9. The summed E-state index contributed by atoms with van der Waals surface area (Å²) in [6.45, 7) is 7.28. The minimum Gasteiger partial charge on any atom is -0.479 e. The van der Waals surface area contributed by atoms with E-state index in [2.05, 4.69) is 4.98 Å². The number of pyridine rings is 2. The lowest BCUT2D eigenvalue weighted by atomic mass is 9.88. The lowest BCUT2D eigenvalue weighted by molar-refractivity contribution is -0.160. The molecule has 31 heavy (non-hydrogen) atoms. The number of aliphatic carboxylic acids is 1. The van der Waals surface area contributed by atoms with Gasteiger partial charge in [-0.2, -0.15) is 0 Å². The van der Waals surface area contributed by atoms with E-state index in [1.54, 1.807) is 23.6 Å². The van der Waals surface area contributed by atoms with E-state index < -0.39 is 17.7 Å². The predicted molar refractivity (Wildman–Crippen MR) is 121 cm³/mol. The number of ether oxygens (including phenoxy) is 1. The van der Waals surface area contributed by atoms with Crippen LogP contribution >= 0.6 is 11.3 Å². The van der Waals surface area contributed by atoms with Crippen molar-refractivity contribution in [1.82, 2.24) is 9.97 Å². The monoisotopic (exact) mass is 440 g/mol. The Hall–Kier alpha value is -2.35. The molecule has 0 aliphatic heterocycles. The van der Waals surface area contributed by atoms with Gasteiger partial charge in [0.25, 0.3) is 0 Å². The van der Waals surface area contributed by atoms with Crippen LogP contribution in [-0.4, -0.2) is 31.8 Å². The summed E-state index contributed by atoms with van der Waals surface area (Å²) in [7, 11) is 0. The minimum atomic E-state index is -1.15. The molecule has 7 heteroatoms. The molecule has 1 aliphatic rings. The standard InChI is InChI=1S/C24H28N2O4S/c1-13-18(21(23(28)29)30-24(2,3)4)19(14-9-10-15(12-27)25-11-14)20-16-7-5-6-8-17(16)31-22(20)26-13/h9-11,21,27H,5-8,12H2,1-4H3,(H,28,29)/t21-/m0/s1. The van der Waals surface area contributed by atoms with Crippen molar-refractivity contribution in [2.24, 2.45) is 0 Å². The molecule has 4 rings (SSSR count). The normalized spacial score (nSPS) is 15.1. The van der Waals surface area contributed by atoms with Gasteiger partial charge in [0.05, 0.1) is 17.9 Å². The quantitative estimate of drug-likeness (QED) is 0.581. The van der Waals surface area contributed by atoms with E-state index in [1.165, 1.54) is 16.9 Å². The van der Waals surface area contributed by atoms with Crippen molar-refractivity contribution in [2.45, 2.75) is 71.7 Å². The summed E-state index contributed by atoms with van der Waals surface area (Å²) in [6, 6.07) is 3.68. The van der Waals surface area contributed by atoms with E-state index in [1.807, 2.05) is 33.8 Å². The molecule has 0 unspecified atom stereocenters. The van der Waals surface area contributed by atoms with E-state index in [9.17, 15) is 15.0 Å². The Kier molecular flexibility index (Phi) is 5.85. The summed E-state index contributed by atoms with van der Waals surface area (Å²) < 4.78 is 6.05. The zero-order chi connectivity index (χ0) is 22.3. The van der Waals surface area contributed by atoms with Gasteiger partial charge in [0.1, 0.15) is 4.83 Å². The number of fused-ring (bicyclic) bond motifs is 3. The number of carbonyl (C=O) groups is 1. The molecule has 0 aromatic carbocycles. The highest BCUT2D eigenvalue weighted by molar-refractivity contribution is 7.19. The molecule has 1 aliphatic carbocycles. The first-order valence-corrected chi connectivity index (χ1v) is 11.4. The van der Waals surface area contributed by atoms with Crippen molar-refractivity contribution in [2.75, 3.05) is 0 Å². The van der Waals surface area contributed by atoms with Crippen LogP contribution in [0.3, 0.4) is 0 Å². The molecular weight excluding hydrogens is 412 g/mol. The van der Waals surface area contributed by atoms with Gasteiger partial charge in [-0.1, -0.05) is 6.07 Å². The summed E-state index contributed by atoms with van der Waals surface area (Å²) in [5, 5.41) is 20.6. The number of aryl methyl sites for hydroxylation is 3. The lowest BCUT2D eigenvalue weighted by Gasteiger charge is -2.28. The molecule has 0 saturated carbocycles. The first-order valence-electron chi connectivity index (χ1n) is 10.6. The van der Waals surface area contributed by atoms with E-state index in [0.29, 0.717) is 17.0 Å². The van der Waals surface area contributed by atoms with Crippen LogP contribution in [0.5, 0.6) is 0 Å². The lowest BCUT2D eigenvalue weighted by Crippen LogP contribution is -2.28. The number of aliphatic hydroxyl groups is 1. The second kappa shape index (κ2) is 8.30. The van der Waals surface area contributed by atoms with Crippen LogP contribution in [0.15, 0.2) is 18.3 Å². The van der Waals surface area contributed by atoms with Crippen molar-refractivity contribution >= 4 is 27.5 Å². The van der Waals surface area contributed by atoms with Gasteiger partial charge in [-0.3, -0.25) is 4.98 Å². The van der Waals surface area contributed by atoms with Crippen molar-refractivity contribution < 1.29 is 19.7 Å². The molecule has 3 aromatic rings. The topological polar surface area (TPSA) is 92.5 Å². The Morgan fingerprint density at radius 3 is 2.61 bits per heavy atom. The molecule has 0 fully saturated rings. The summed E-state index contributed by atoms with van der Waals surface area (Å²) >= 11 is 1.71. The minimum absolute atomic E-state index is 0.142. The van der Waals surface area contributed by atoms with Crippen LogP contribution < -0.4 is 0 Å². The van der Waals surface area contributed by atoms with Gasteiger partial charge in [0, 0.05) is 38.8 Å². The van der Waals surface area contributed by atoms with Crippen LogP contribution in [0.2, 0.25) is 0 Å². The molecule has 0 amide bonds. The number of nitrogens with zero attached hydrogens (tertiary/aromatic N) is 2. The zero-order valence-corrected chi connectivity index (χ0v) is 19.2. The molecule has 0 saturated heterocycles. The third-order valence-electron chi connectivity index (χ3n) is 5.56. The highest BCUT2D eigenvalue weighted by atomic mass is 32.1. The summed E-state index contributed by atoms with van der Waals surface area (Å²) in [5.41, 5.74) is 4.10. The van der Waals surface area contributed by atoms with Crippen LogP contribution in [0.25, 0.3) is 21.3 Å². The Bertz CT molecular complexity index is 1130. The SMILES string of the molecule is Cc1nc2sc3c(c2c(-c2ccc(CO)nc2)c1[C@H](OC(C)(C)C)C(=O)O)CCCC3. The van der Waals surface area contributed by atoms with Gasteiger partial charge in [0.2, 0.25) is 0 Å². The Morgan fingerprint density at radius 2 is 2.00 bits per heavy atom. The smallest absolute Gasteiger partial charge is 0.337 e.